The van der Waals surface area contributed by atoms with Crippen molar-refractivity contribution in [1.82, 2.24) is 9.80 Å². The lowest BCUT2D eigenvalue weighted by atomic mass is 9.62. The number of hydrogen-bond acceptors (Lipinski definition) is 6. The Balaban J connectivity index is 2.09. The van der Waals surface area contributed by atoms with Crippen molar-refractivity contribution in [3.8, 4) is 0 Å². The van der Waals surface area contributed by atoms with E-state index in [4.69, 9.17) is 9.47 Å². The van der Waals surface area contributed by atoms with Gasteiger partial charge in [-0.3, -0.25) is 14.4 Å². The maximum atomic E-state index is 14.2. The molecule has 3 rings (SSSR count). The van der Waals surface area contributed by atoms with E-state index in [-0.39, 0.29) is 30.9 Å². The van der Waals surface area contributed by atoms with Gasteiger partial charge in [-0.1, -0.05) is 39.3 Å². The molecule has 196 valence electrons. The third-order valence-corrected chi connectivity index (χ3v) is 8.32. The van der Waals surface area contributed by atoms with Gasteiger partial charge in [0.1, 0.15) is 17.6 Å². The summed E-state index contributed by atoms with van der Waals surface area (Å²) in [6, 6.07) is -1.46. The van der Waals surface area contributed by atoms with Gasteiger partial charge < -0.3 is 24.4 Å². The number of esters is 1. The number of aliphatic hydroxyl groups excluding tert-OH is 1. The Labute approximate surface area is 209 Å². The summed E-state index contributed by atoms with van der Waals surface area (Å²) in [6.07, 6.45) is 6.57. The summed E-state index contributed by atoms with van der Waals surface area (Å²) in [7, 11) is 0. The van der Waals surface area contributed by atoms with Crippen LogP contribution in [0.15, 0.2) is 25.3 Å². The third-order valence-electron chi connectivity index (χ3n) is 8.32. The van der Waals surface area contributed by atoms with Gasteiger partial charge in [0, 0.05) is 13.1 Å². The Morgan fingerprint density at radius 2 is 2.06 bits per heavy atom. The molecule has 8 nitrogen and oxygen atoms in total. The maximum Gasteiger partial charge on any atom is 0.312 e. The van der Waals surface area contributed by atoms with Gasteiger partial charge in [0.05, 0.1) is 30.8 Å². The maximum absolute atomic E-state index is 14.2. The quantitative estimate of drug-likeness (QED) is 0.242. The molecule has 0 radical (unpaired) electrons. The number of amides is 2. The Morgan fingerprint density at radius 3 is 2.63 bits per heavy atom. The molecule has 0 aliphatic carbocycles. The van der Waals surface area contributed by atoms with Gasteiger partial charge in [-0.15, -0.1) is 13.2 Å². The number of carbonyl (C=O) groups is 3. The summed E-state index contributed by atoms with van der Waals surface area (Å²) >= 11 is 0. The number of rotatable bonds is 13. The van der Waals surface area contributed by atoms with Crippen molar-refractivity contribution in [2.45, 2.75) is 83.1 Å². The highest BCUT2D eigenvalue weighted by Crippen LogP contribution is 2.65. The molecule has 7 atom stereocenters. The smallest absolute Gasteiger partial charge is 0.312 e. The van der Waals surface area contributed by atoms with Crippen LogP contribution in [0.25, 0.3) is 0 Å². The van der Waals surface area contributed by atoms with Crippen LogP contribution in [0.3, 0.4) is 0 Å². The molecule has 2 bridgehead atoms. The first-order valence-electron chi connectivity index (χ1n) is 13.0. The summed E-state index contributed by atoms with van der Waals surface area (Å²) in [6.45, 7) is 16.1. The van der Waals surface area contributed by atoms with Crippen LogP contribution in [-0.2, 0) is 23.9 Å². The Bertz CT molecular complexity index is 842. The molecule has 1 spiro atoms. The minimum atomic E-state index is -1.14. The van der Waals surface area contributed by atoms with Crippen molar-refractivity contribution in [2.75, 3.05) is 26.3 Å². The normalized spacial score (nSPS) is 34.0. The van der Waals surface area contributed by atoms with Gasteiger partial charge >= 0.3 is 5.97 Å². The van der Waals surface area contributed by atoms with Crippen LogP contribution in [0, 0.1) is 17.8 Å². The first-order valence-corrected chi connectivity index (χ1v) is 13.0. The number of nitrogens with zero attached hydrogens (tertiary/aromatic N) is 2. The first-order chi connectivity index (χ1) is 16.7. The fourth-order valence-corrected chi connectivity index (χ4v) is 6.42. The van der Waals surface area contributed by atoms with E-state index in [9.17, 15) is 19.5 Å². The van der Waals surface area contributed by atoms with E-state index < -0.39 is 41.1 Å². The van der Waals surface area contributed by atoms with Gasteiger partial charge in [-0.2, -0.15) is 0 Å². The van der Waals surface area contributed by atoms with Gasteiger partial charge in [0.15, 0.2) is 0 Å². The van der Waals surface area contributed by atoms with Crippen molar-refractivity contribution in [1.29, 1.82) is 0 Å². The van der Waals surface area contributed by atoms with Gasteiger partial charge in [-0.05, 0) is 38.5 Å². The molecule has 1 N–H and O–H groups in total. The summed E-state index contributed by atoms with van der Waals surface area (Å²) in [4.78, 5) is 44.8. The average Bonchev–Trinajstić information content (AvgIpc) is 3.34. The van der Waals surface area contributed by atoms with E-state index in [1.807, 2.05) is 20.8 Å². The van der Waals surface area contributed by atoms with Crippen molar-refractivity contribution in [2.24, 2.45) is 17.8 Å². The number of likely N-dealkylation sites (tertiary alicyclic amines) is 1. The van der Waals surface area contributed by atoms with Crippen LogP contribution >= 0.6 is 0 Å². The average molecular weight is 491 g/mol. The largest absolute Gasteiger partial charge is 0.465 e. The Morgan fingerprint density at radius 1 is 1.34 bits per heavy atom. The van der Waals surface area contributed by atoms with Gasteiger partial charge in [0.2, 0.25) is 11.8 Å². The lowest BCUT2D eigenvalue weighted by Gasteiger charge is -2.39. The highest BCUT2D eigenvalue weighted by atomic mass is 16.6. The molecule has 0 aromatic rings. The van der Waals surface area contributed by atoms with E-state index in [2.05, 4.69) is 20.1 Å². The third kappa shape index (κ3) is 4.33. The van der Waals surface area contributed by atoms with Crippen LogP contribution in [0.5, 0.6) is 0 Å². The second kappa shape index (κ2) is 10.8. The zero-order chi connectivity index (χ0) is 26.0. The Hall–Kier alpha value is -2.19. The SMILES string of the molecule is C=CCCOC(=O)[C@@H]1[C@H]2C(=O)N([C@@H](CC)CO)C(C(=O)N(CC=C)CCCC)C23CC(C)[C@@]1(C)O3. The Kier molecular flexibility index (Phi) is 8.48. The first kappa shape index (κ1) is 27.4. The summed E-state index contributed by atoms with van der Waals surface area (Å²) in [5.74, 6) is -2.69. The lowest BCUT2D eigenvalue weighted by Crippen LogP contribution is -2.59. The molecular weight excluding hydrogens is 448 g/mol. The van der Waals surface area contributed by atoms with E-state index >= 15 is 0 Å². The number of carbonyl (C=O) groups excluding carboxylic acids is 3. The monoisotopic (exact) mass is 490 g/mol. The molecule has 3 saturated heterocycles. The van der Waals surface area contributed by atoms with Crippen LogP contribution in [0.2, 0.25) is 0 Å². The van der Waals surface area contributed by atoms with E-state index in [0.717, 1.165) is 12.8 Å². The minimum Gasteiger partial charge on any atom is -0.465 e. The van der Waals surface area contributed by atoms with Gasteiger partial charge in [-0.25, -0.2) is 0 Å². The molecule has 3 unspecified atom stereocenters. The van der Waals surface area contributed by atoms with Gasteiger partial charge in [0.25, 0.3) is 0 Å². The molecule has 3 heterocycles. The molecule has 8 heteroatoms. The van der Waals surface area contributed by atoms with E-state index in [1.165, 1.54) is 4.90 Å². The standard InChI is InChI=1S/C27H42N2O6/c1-7-11-14-28(13-9-3)24(32)22-27-16-18(5)26(6,35-27)21(25(33)34-15-12-8-2)20(27)23(31)29(22)19(10-4)17-30/h8-9,18-22,30H,2-3,7,10-17H2,1,4-6H3/t18?,19-,20-,21-,22?,26+,27?/m0/s1. The minimum absolute atomic E-state index is 0.0588. The number of fused-ring (bicyclic) bond motifs is 1. The van der Waals surface area contributed by atoms with Crippen LogP contribution < -0.4 is 0 Å². The zero-order valence-electron chi connectivity index (χ0n) is 21.7. The summed E-state index contributed by atoms with van der Waals surface area (Å²) < 4.78 is 12.2. The second-order valence-electron chi connectivity index (χ2n) is 10.4. The fraction of sp³-hybridized carbons (Fsp3) is 0.741. The molecular formula is C27H42N2O6. The van der Waals surface area contributed by atoms with E-state index in [0.29, 0.717) is 32.4 Å². The molecule has 3 aliphatic heterocycles. The number of unbranched alkanes of at least 4 members (excludes halogenated alkanes) is 1. The molecule has 0 aromatic carbocycles. The molecule has 3 aliphatic rings. The number of hydrogen-bond donors (Lipinski definition) is 1. The summed E-state index contributed by atoms with van der Waals surface area (Å²) in [5.41, 5.74) is -2.05. The van der Waals surface area contributed by atoms with Crippen LogP contribution in [-0.4, -0.2) is 82.3 Å². The molecule has 3 fully saturated rings. The zero-order valence-corrected chi connectivity index (χ0v) is 21.7. The number of ether oxygens (including phenoxy) is 2. The van der Waals surface area contributed by atoms with Crippen molar-refractivity contribution in [3.63, 3.8) is 0 Å². The fourth-order valence-electron chi connectivity index (χ4n) is 6.42. The highest BCUT2D eigenvalue weighted by Gasteiger charge is 2.80. The predicted molar refractivity (Wildman–Crippen MR) is 132 cm³/mol. The molecule has 0 saturated carbocycles. The van der Waals surface area contributed by atoms with Crippen LogP contribution in [0.4, 0.5) is 0 Å². The van der Waals surface area contributed by atoms with Crippen molar-refractivity contribution >= 4 is 17.8 Å². The molecule has 35 heavy (non-hydrogen) atoms. The van der Waals surface area contributed by atoms with Crippen LogP contribution in [0.1, 0.15) is 59.8 Å². The molecule has 0 aromatic heterocycles. The number of aliphatic hydroxyl groups is 1. The molecule has 2 amide bonds. The van der Waals surface area contributed by atoms with Crippen molar-refractivity contribution in [3.05, 3.63) is 25.3 Å². The van der Waals surface area contributed by atoms with E-state index in [1.54, 1.807) is 17.1 Å². The highest BCUT2D eigenvalue weighted by molar-refractivity contribution is 5.98. The summed E-state index contributed by atoms with van der Waals surface area (Å²) in [5, 5.41) is 10.2. The second-order valence-corrected chi connectivity index (χ2v) is 10.4. The topological polar surface area (TPSA) is 96.4 Å². The predicted octanol–water partition coefficient (Wildman–Crippen LogP) is 2.70. The lowest BCUT2D eigenvalue weighted by molar-refractivity contribution is -0.163. The van der Waals surface area contributed by atoms with Crippen molar-refractivity contribution < 1.29 is 29.0 Å².